The Morgan fingerprint density at radius 3 is 2.95 bits per heavy atom. The molecular formula is C14H22IN3S. The first kappa shape index (κ1) is 16.5. The molecule has 1 rings (SSSR count). The van der Waals surface area contributed by atoms with Crippen molar-refractivity contribution in [2.24, 2.45) is 4.99 Å². The van der Waals surface area contributed by atoms with Gasteiger partial charge in [0.1, 0.15) is 0 Å². The van der Waals surface area contributed by atoms with Crippen LogP contribution >= 0.6 is 33.9 Å². The van der Waals surface area contributed by atoms with Crippen molar-refractivity contribution in [2.45, 2.75) is 19.3 Å². The van der Waals surface area contributed by atoms with Gasteiger partial charge in [0.2, 0.25) is 0 Å². The highest BCUT2D eigenvalue weighted by Gasteiger charge is 2.05. The lowest BCUT2D eigenvalue weighted by molar-refractivity contribution is 0.470. The number of guanidine groups is 1. The summed E-state index contributed by atoms with van der Waals surface area (Å²) < 4.78 is 1.35. The number of halogens is 1. The van der Waals surface area contributed by atoms with Crippen LogP contribution in [0.1, 0.15) is 17.7 Å². The Labute approximate surface area is 133 Å². The summed E-state index contributed by atoms with van der Waals surface area (Å²) in [6, 6.07) is 4.36. The van der Waals surface area contributed by atoms with E-state index in [1.54, 1.807) is 0 Å². The monoisotopic (exact) mass is 391 g/mol. The van der Waals surface area contributed by atoms with Crippen molar-refractivity contribution in [3.05, 3.63) is 32.5 Å². The standard InChI is InChI=1S/C14H22IN3S/c1-4-5-6-11-18(3)14(16-2)17-10-9-12-7-8-13(15)19-12/h4,7-8H,1,5-6,9-11H2,2-3H3,(H,16,17). The fraction of sp³-hybridized carbons (Fsp3) is 0.500. The molecule has 0 saturated carbocycles. The van der Waals surface area contributed by atoms with Crippen molar-refractivity contribution < 1.29 is 0 Å². The van der Waals surface area contributed by atoms with Crippen LogP contribution < -0.4 is 5.32 Å². The van der Waals surface area contributed by atoms with Gasteiger partial charge in [0, 0.05) is 32.1 Å². The van der Waals surface area contributed by atoms with E-state index >= 15 is 0 Å². The van der Waals surface area contributed by atoms with E-state index in [9.17, 15) is 0 Å². The second-order valence-electron chi connectivity index (χ2n) is 4.28. The van der Waals surface area contributed by atoms with Gasteiger partial charge in [-0.2, -0.15) is 0 Å². The van der Waals surface area contributed by atoms with E-state index in [0.29, 0.717) is 0 Å². The zero-order chi connectivity index (χ0) is 14.1. The van der Waals surface area contributed by atoms with Gasteiger partial charge in [0.25, 0.3) is 0 Å². The van der Waals surface area contributed by atoms with E-state index in [1.807, 2.05) is 24.5 Å². The highest BCUT2D eigenvalue weighted by Crippen LogP contribution is 2.18. The number of unbranched alkanes of at least 4 members (excludes halogenated alkanes) is 1. The number of nitrogens with one attached hydrogen (secondary N) is 1. The van der Waals surface area contributed by atoms with E-state index in [1.165, 1.54) is 7.76 Å². The first-order valence-corrected chi connectivity index (χ1v) is 8.33. The molecule has 1 aromatic rings. The molecule has 0 fully saturated rings. The number of rotatable bonds is 7. The number of hydrogen-bond acceptors (Lipinski definition) is 2. The van der Waals surface area contributed by atoms with Crippen molar-refractivity contribution in [1.29, 1.82) is 0 Å². The Balaban J connectivity index is 2.30. The van der Waals surface area contributed by atoms with Crippen LogP contribution in [0.5, 0.6) is 0 Å². The largest absolute Gasteiger partial charge is 0.356 e. The van der Waals surface area contributed by atoms with E-state index in [-0.39, 0.29) is 0 Å². The molecule has 0 aromatic carbocycles. The summed E-state index contributed by atoms with van der Waals surface area (Å²) in [7, 11) is 3.91. The molecule has 3 nitrogen and oxygen atoms in total. The summed E-state index contributed by atoms with van der Waals surface area (Å²) in [5.74, 6) is 0.968. The summed E-state index contributed by atoms with van der Waals surface area (Å²) in [6.07, 6.45) is 5.18. The van der Waals surface area contributed by atoms with Crippen LogP contribution in [-0.2, 0) is 6.42 Å². The van der Waals surface area contributed by atoms with Gasteiger partial charge >= 0.3 is 0 Å². The van der Waals surface area contributed by atoms with E-state index in [2.05, 4.69) is 63.6 Å². The van der Waals surface area contributed by atoms with Crippen LogP contribution in [-0.4, -0.2) is 38.0 Å². The number of hydrogen-bond donors (Lipinski definition) is 1. The summed E-state index contributed by atoms with van der Waals surface area (Å²) in [4.78, 5) is 7.90. The van der Waals surface area contributed by atoms with Crippen LogP contribution in [0.3, 0.4) is 0 Å². The minimum atomic E-state index is 0.926. The summed E-state index contributed by atoms with van der Waals surface area (Å²) in [5, 5.41) is 3.41. The molecule has 0 bridgehead atoms. The minimum Gasteiger partial charge on any atom is -0.356 e. The van der Waals surface area contributed by atoms with Gasteiger partial charge in [0.15, 0.2) is 5.96 Å². The molecule has 106 valence electrons. The Hall–Kier alpha value is -0.560. The van der Waals surface area contributed by atoms with Gasteiger partial charge in [-0.05, 0) is 54.0 Å². The van der Waals surface area contributed by atoms with Crippen LogP contribution in [0.2, 0.25) is 0 Å². The molecule has 0 radical (unpaired) electrons. The second-order valence-corrected chi connectivity index (χ2v) is 7.34. The maximum Gasteiger partial charge on any atom is 0.193 e. The van der Waals surface area contributed by atoms with Crippen molar-refractivity contribution in [1.82, 2.24) is 10.2 Å². The topological polar surface area (TPSA) is 27.6 Å². The molecule has 19 heavy (non-hydrogen) atoms. The Morgan fingerprint density at radius 1 is 1.58 bits per heavy atom. The van der Waals surface area contributed by atoms with Gasteiger partial charge in [-0.1, -0.05) is 6.08 Å². The van der Waals surface area contributed by atoms with Crippen LogP contribution in [0.15, 0.2) is 29.8 Å². The molecule has 0 aliphatic carbocycles. The molecule has 1 heterocycles. The van der Waals surface area contributed by atoms with Crippen LogP contribution in [0.4, 0.5) is 0 Å². The van der Waals surface area contributed by atoms with Gasteiger partial charge in [-0.15, -0.1) is 17.9 Å². The summed E-state index contributed by atoms with van der Waals surface area (Å²) in [5.41, 5.74) is 0. The zero-order valence-electron chi connectivity index (χ0n) is 11.7. The van der Waals surface area contributed by atoms with Gasteiger partial charge in [-0.3, -0.25) is 4.99 Å². The molecular weight excluding hydrogens is 369 g/mol. The van der Waals surface area contributed by atoms with Gasteiger partial charge in [-0.25, -0.2) is 0 Å². The smallest absolute Gasteiger partial charge is 0.193 e. The highest BCUT2D eigenvalue weighted by molar-refractivity contribution is 14.1. The van der Waals surface area contributed by atoms with Crippen molar-refractivity contribution in [3.63, 3.8) is 0 Å². The lowest BCUT2D eigenvalue weighted by Crippen LogP contribution is -2.40. The zero-order valence-corrected chi connectivity index (χ0v) is 14.6. The third-order valence-electron chi connectivity index (χ3n) is 2.76. The average Bonchev–Trinajstić information content (AvgIpc) is 2.80. The third kappa shape index (κ3) is 6.42. The number of thiophene rings is 1. The highest BCUT2D eigenvalue weighted by atomic mass is 127. The average molecular weight is 391 g/mol. The van der Waals surface area contributed by atoms with Crippen LogP contribution in [0, 0.1) is 2.88 Å². The van der Waals surface area contributed by atoms with Crippen molar-refractivity contribution in [2.75, 3.05) is 27.2 Å². The number of allylic oxidation sites excluding steroid dienone is 1. The fourth-order valence-electron chi connectivity index (χ4n) is 1.75. The molecule has 0 atom stereocenters. The molecule has 5 heteroatoms. The summed E-state index contributed by atoms with van der Waals surface area (Å²) >= 11 is 4.21. The van der Waals surface area contributed by atoms with Gasteiger partial charge in [0.05, 0.1) is 2.88 Å². The quantitative estimate of drug-likeness (QED) is 0.254. The van der Waals surface area contributed by atoms with Crippen LogP contribution in [0.25, 0.3) is 0 Å². The maximum atomic E-state index is 4.31. The number of aliphatic imine (C=N–C) groups is 1. The normalized spacial score (nSPS) is 11.4. The molecule has 0 spiro atoms. The number of nitrogens with zero attached hydrogens (tertiary/aromatic N) is 2. The van der Waals surface area contributed by atoms with Crippen molar-refractivity contribution >= 4 is 39.9 Å². The Kier molecular flexibility index (Phi) is 8.13. The second kappa shape index (κ2) is 9.36. The lowest BCUT2D eigenvalue weighted by Gasteiger charge is -2.21. The lowest BCUT2D eigenvalue weighted by atomic mass is 10.3. The minimum absolute atomic E-state index is 0.926. The SMILES string of the molecule is C=CCCCN(C)C(=NC)NCCc1ccc(I)s1. The van der Waals surface area contributed by atoms with Gasteiger partial charge < -0.3 is 10.2 Å². The third-order valence-corrected chi connectivity index (χ3v) is 4.71. The predicted octanol–water partition coefficient (Wildman–Crippen LogP) is 3.37. The summed E-state index contributed by atoms with van der Waals surface area (Å²) in [6.45, 7) is 5.67. The fourth-order valence-corrected chi connectivity index (χ4v) is 3.50. The Morgan fingerprint density at radius 2 is 2.37 bits per heavy atom. The van der Waals surface area contributed by atoms with Crippen molar-refractivity contribution in [3.8, 4) is 0 Å². The molecule has 0 aliphatic rings. The van der Waals surface area contributed by atoms with E-state index < -0.39 is 0 Å². The molecule has 0 amide bonds. The first-order valence-electron chi connectivity index (χ1n) is 6.44. The van der Waals surface area contributed by atoms with E-state index in [4.69, 9.17) is 0 Å². The molecule has 1 N–H and O–H groups in total. The molecule has 1 aromatic heterocycles. The predicted molar refractivity (Wildman–Crippen MR) is 94.2 cm³/mol. The first-order chi connectivity index (χ1) is 9.17. The molecule has 0 aliphatic heterocycles. The molecule has 0 unspecified atom stereocenters. The van der Waals surface area contributed by atoms with E-state index in [0.717, 1.165) is 38.3 Å². The maximum absolute atomic E-state index is 4.31. The Bertz CT molecular complexity index is 415. The molecule has 0 saturated heterocycles.